The second-order valence-electron chi connectivity index (χ2n) is 9.54. The monoisotopic (exact) mass is 586 g/mol. The molecule has 1 atom stereocenters. The molecule has 2 aromatic rings. The number of anilines is 1. The number of para-hydroxylation sites is 1. The number of rotatable bonds is 10. The molecule has 3 rings (SSSR count). The van der Waals surface area contributed by atoms with E-state index in [1.165, 1.54) is 37.2 Å². The van der Waals surface area contributed by atoms with Crippen LogP contribution in [0, 0.1) is 5.82 Å². The fourth-order valence-corrected chi connectivity index (χ4v) is 5.73. The van der Waals surface area contributed by atoms with Gasteiger partial charge in [0.05, 0.1) is 15.7 Å². The summed E-state index contributed by atoms with van der Waals surface area (Å²) in [6, 6.07) is 9.22. The summed E-state index contributed by atoms with van der Waals surface area (Å²) in [6.07, 6.45) is 4.88. The SMILES string of the molecule is C[C@H](C(=O)NC1CCCCC1)N(Cc1ccc(Cl)c(Cl)c1)C(=O)CN(c1ccccc1F)S(=O)(=O)N(C)C. The number of hydrogen-bond donors (Lipinski definition) is 1. The van der Waals surface area contributed by atoms with Crippen LogP contribution in [0.4, 0.5) is 10.1 Å². The maximum Gasteiger partial charge on any atom is 0.304 e. The van der Waals surface area contributed by atoms with Crippen molar-refractivity contribution in [1.29, 1.82) is 0 Å². The largest absolute Gasteiger partial charge is 0.352 e. The van der Waals surface area contributed by atoms with Gasteiger partial charge >= 0.3 is 10.2 Å². The fourth-order valence-electron chi connectivity index (χ4n) is 4.34. The summed E-state index contributed by atoms with van der Waals surface area (Å²) in [6.45, 7) is 0.827. The number of hydrogen-bond acceptors (Lipinski definition) is 4. The van der Waals surface area contributed by atoms with E-state index in [1.54, 1.807) is 25.1 Å². The summed E-state index contributed by atoms with van der Waals surface area (Å²) in [5.41, 5.74) is 0.321. The summed E-state index contributed by atoms with van der Waals surface area (Å²) in [4.78, 5) is 28.2. The van der Waals surface area contributed by atoms with Crippen molar-refractivity contribution in [3.63, 3.8) is 0 Å². The van der Waals surface area contributed by atoms with Crippen LogP contribution in [-0.2, 0) is 26.3 Å². The number of amides is 2. The third-order valence-corrected chi connectivity index (χ3v) is 9.14. The lowest BCUT2D eigenvalue weighted by Crippen LogP contribution is -2.53. The zero-order valence-electron chi connectivity index (χ0n) is 21.7. The molecule has 0 radical (unpaired) electrons. The van der Waals surface area contributed by atoms with E-state index in [1.807, 2.05) is 0 Å². The molecule has 38 heavy (non-hydrogen) atoms. The predicted octanol–water partition coefficient (Wildman–Crippen LogP) is 4.61. The molecule has 1 saturated carbocycles. The van der Waals surface area contributed by atoms with Crippen LogP contribution in [0.3, 0.4) is 0 Å². The summed E-state index contributed by atoms with van der Waals surface area (Å²) in [5.74, 6) is -1.83. The third-order valence-electron chi connectivity index (χ3n) is 6.60. The highest BCUT2D eigenvalue weighted by Gasteiger charge is 2.34. The van der Waals surface area contributed by atoms with Crippen LogP contribution < -0.4 is 9.62 Å². The van der Waals surface area contributed by atoms with E-state index in [9.17, 15) is 22.4 Å². The molecule has 2 aromatic carbocycles. The van der Waals surface area contributed by atoms with Crippen LogP contribution >= 0.6 is 23.2 Å². The molecule has 2 amide bonds. The summed E-state index contributed by atoms with van der Waals surface area (Å²) in [5, 5.41) is 3.63. The van der Waals surface area contributed by atoms with E-state index in [4.69, 9.17) is 23.2 Å². The lowest BCUT2D eigenvalue weighted by atomic mass is 9.95. The highest BCUT2D eigenvalue weighted by atomic mass is 35.5. The van der Waals surface area contributed by atoms with Crippen molar-refractivity contribution < 1.29 is 22.4 Å². The zero-order valence-corrected chi connectivity index (χ0v) is 24.0. The number of nitrogens with one attached hydrogen (secondary N) is 1. The fraction of sp³-hybridized carbons (Fsp3) is 0.462. The van der Waals surface area contributed by atoms with Crippen molar-refractivity contribution in [2.45, 2.75) is 57.7 Å². The van der Waals surface area contributed by atoms with Crippen LogP contribution in [0.25, 0.3) is 0 Å². The van der Waals surface area contributed by atoms with Crippen molar-refractivity contribution in [3.8, 4) is 0 Å². The molecule has 1 fully saturated rings. The molecule has 12 heteroatoms. The molecule has 1 N–H and O–H groups in total. The van der Waals surface area contributed by atoms with Gasteiger partial charge in [0.1, 0.15) is 18.4 Å². The molecule has 0 bridgehead atoms. The van der Waals surface area contributed by atoms with Crippen molar-refractivity contribution in [1.82, 2.24) is 14.5 Å². The number of benzene rings is 2. The molecule has 1 aliphatic rings. The Kier molecular flexibility index (Phi) is 10.4. The molecule has 0 heterocycles. The first kappa shape index (κ1) is 30.1. The normalized spacial score (nSPS) is 15.2. The molecule has 0 aromatic heterocycles. The van der Waals surface area contributed by atoms with Gasteiger partial charge in [-0.15, -0.1) is 0 Å². The Hall–Kier alpha value is -2.40. The summed E-state index contributed by atoms with van der Waals surface area (Å²) >= 11 is 12.2. The molecule has 0 saturated heterocycles. The van der Waals surface area contributed by atoms with Crippen LogP contribution in [0.5, 0.6) is 0 Å². The Labute approximate surface area is 233 Å². The van der Waals surface area contributed by atoms with Crippen LogP contribution in [0.15, 0.2) is 42.5 Å². The Bertz CT molecular complexity index is 1260. The second-order valence-corrected chi connectivity index (χ2v) is 12.4. The van der Waals surface area contributed by atoms with E-state index in [0.717, 1.165) is 42.5 Å². The Balaban J connectivity index is 1.94. The van der Waals surface area contributed by atoms with Gasteiger partial charge in [-0.2, -0.15) is 12.7 Å². The minimum atomic E-state index is -4.26. The second kappa shape index (κ2) is 13.1. The van der Waals surface area contributed by atoms with Gasteiger partial charge in [-0.25, -0.2) is 8.70 Å². The number of halogens is 3. The van der Waals surface area contributed by atoms with E-state index in [0.29, 0.717) is 14.9 Å². The topological polar surface area (TPSA) is 90.0 Å². The standard InChI is InChI=1S/C26H33Cl2FN4O4S/c1-18(26(35)30-20-9-5-4-6-10-20)32(16-19-13-14-21(27)22(28)15-19)25(34)17-33(38(36,37)31(2)3)24-12-8-7-11-23(24)29/h7-8,11-15,18,20H,4-6,9-10,16-17H2,1-3H3,(H,30,35)/t18-/m1/s1. The molecule has 8 nitrogen and oxygen atoms in total. The lowest BCUT2D eigenvalue weighted by Gasteiger charge is -2.34. The van der Waals surface area contributed by atoms with Crippen LogP contribution in [0.2, 0.25) is 10.0 Å². The van der Waals surface area contributed by atoms with Crippen molar-refractivity contribution in [2.24, 2.45) is 0 Å². The number of carbonyl (C=O) groups is 2. The summed E-state index contributed by atoms with van der Waals surface area (Å²) in [7, 11) is -1.67. The average Bonchev–Trinajstić information content (AvgIpc) is 2.88. The lowest BCUT2D eigenvalue weighted by molar-refractivity contribution is -0.139. The zero-order chi connectivity index (χ0) is 28.0. The molecule has 0 aliphatic heterocycles. The summed E-state index contributed by atoms with van der Waals surface area (Å²) < 4.78 is 42.6. The van der Waals surface area contributed by atoms with Gasteiger partial charge < -0.3 is 10.2 Å². The maximum atomic E-state index is 14.7. The Morgan fingerprint density at radius 2 is 1.71 bits per heavy atom. The van der Waals surface area contributed by atoms with E-state index >= 15 is 0 Å². The molecule has 0 unspecified atom stereocenters. The van der Waals surface area contributed by atoms with Crippen LogP contribution in [-0.4, -0.2) is 62.2 Å². The van der Waals surface area contributed by atoms with Crippen molar-refractivity contribution >= 4 is 50.9 Å². The molecular formula is C26H33Cl2FN4O4S. The highest BCUT2D eigenvalue weighted by molar-refractivity contribution is 7.90. The first-order chi connectivity index (χ1) is 17.9. The van der Waals surface area contributed by atoms with E-state index < -0.39 is 34.5 Å². The smallest absolute Gasteiger partial charge is 0.304 e. The molecular weight excluding hydrogens is 554 g/mol. The predicted molar refractivity (Wildman–Crippen MR) is 148 cm³/mol. The highest BCUT2D eigenvalue weighted by Crippen LogP contribution is 2.26. The average molecular weight is 588 g/mol. The maximum absolute atomic E-state index is 14.7. The number of nitrogens with zero attached hydrogens (tertiary/aromatic N) is 3. The van der Waals surface area contributed by atoms with Gasteiger partial charge in [0.2, 0.25) is 11.8 Å². The first-order valence-electron chi connectivity index (χ1n) is 12.4. The first-order valence-corrected chi connectivity index (χ1v) is 14.6. The van der Waals surface area contributed by atoms with Gasteiger partial charge in [-0.05, 0) is 49.6 Å². The third kappa shape index (κ3) is 7.37. The van der Waals surface area contributed by atoms with E-state index in [-0.39, 0.29) is 29.2 Å². The van der Waals surface area contributed by atoms with Gasteiger partial charge in [0.25, 0.3) is 0 Å². The van der Waals surface area contributed by atoms with Gasteiger partial charge in [0.15, 0.2) is 0 Å². The minimum Gasteiger partial charge on any atom is -0.352 e. The minimum absolute atomic E-state index is 0.0182. The van der Waals surface area contributed by atoms with Crippen molar-refractivity contribution in [2.75, 3.05) is 24.9 Å². The molecule has 1 aliphatic carbocycles. The van der Waals surface area contributed by atoms with Gasteiger partial charge in [-0.3, -0.25) is 9.59 Å². The van der Waals surface area contributed by atoms with E-state index in [2.05, 4.69) is 5.32 Å². The van der Waals surface area contributed by atoms with Gasteiger partial charge in [0, 0.05) is 26.7 Å². The number of carbonyl (C=O) groups excluding carboxylic acids is 2. The quantitative estimate of drug-likeness (QED) is 0.440. The molecule has 0 spiro atoms. The Morgan fingerprint density at radius 3 is 2.32 bits per heavy atom. The molecule has 208 valence electrons. The van der Waals surface area contributed by atoms with Crippen LogP contribution in [0.1, 0.15) is 44.6 Å². The van der Waals surface area contributed by atoms with Crippen molar-refractivity contribution in [3.05, 3.63) is 63.9 Å². The Morgan fingerprint density at radius 1 is 1.05 bits per heavy atom. The van der Waals surface area contributed by atoms with Gasteiger partial charge in [-0.1, -0.05) is 60.7 Å².